The molecular formula is C8H14N2O4. The van der Waals surface area contributed by atoms with E-state index in [4.69, 9.17) is 9.84 Å². The fourth-order valence-electron chi connectivity index (χ4n) is 1.04. The number of morpholine rings is 1. The summed E-state index contributed by atoms with van der Waals surface area (Å²) >= 11 is 0. The van der Waals surface area contributed by atoms with Gasteiger partial charge in [0.2, 0.25) is 5.91 Å². The van der Waals surface area contributed by atoms with E-state index < -0.39 is 17.8 Å². The van der Waals surface area contributed by atoms with E-state index >= 15 is 0 Å². The van der Waals surface area contributed by atoms with Gasteiger partial charge < -0.3 is 9.84 Å². The zero-order chi connectivity index (χ0) is 10.6. The van der Waals surface area contributed by atoms with E-state index in [-0.39, 0.29) is 0 Å². The van der Waals surface area contributed by atoms with Crippen molar-refractivity contribution < 1.29 is 19.4 Å². The molecule has 1 unspecified atom stereocenters. The molecule has 1 heterocycles. The monoisotopic (exact) mass is 202 g/mol. The van der Waals surface area contributed by atoms with Crippen LogP contribution in [0.5, 0.6) is 0 Å². The Morgan fingerprint density at radius 1 is 1.43 bits per heavy atom. The minimum atomic E-state index is -1.12. The largest absolute Gasteiger partial charge is 0.481 e. The van der Waals surface area contributed by atoms with Gasteiger partial charge in [-0.15, -0.1) is 0 Å². The molecule has 0 bridgehead atoms. The zero-order valence-electron chi connectivity index (χ0n) is 8.02. The third-order valence-electron chi connectivity index (χ3n) is 2.04. The molecule has 1 saturated heterocycles. The number of hydrogen-bond donors (Lipinski definition) is 2. The molecule has 1 amide bonds. The molecule has 0 spiro atoms. The minimum Gasteiger partial charge on any atom is -0.481 e. The minimum absolute atomic E-state index is 0.487. The molecule has 6 nitrogen and oxygen atoms in total. The molecule has 6 heteroatoms. The average molecular weight is 202 g/mol. The lowest BCUT2D eigenvalue weighted by Crippen LogP contribution is -2.50. The Labute approximate surface area is 81.8 Å². The number of nitrogens with one attached hydrogen (secondary N) is 1. The Balaban J connectivity index is 2.35. The molecule has 2 N–H and O–H groups in total. The van der Waals surface area contributed by atoms with Crippen LogP contribution in [0.15, 0.2) is 0 Å². The fraction of sp³-hybridized carbons (Fsp3) is 0.750. The van der Waals surface area contributed by atoms with Crippen molar-refractivity contribution in [3.05, 3.63) is 0 Å². The highest BCUT2D eigenvalue weighted by molar-refractivity contribution is 5.96. The van der Waals surface area contributed by atoms with Gasteiger partial charge in [-0.1, -0.05) is 0 Å². The van der Waals surface area contributed by atoms with Crippen molar-refractivity contribution in [2.45, 2.75) is 6.92 Å². The fourth-order valence-corrected chi connectivity index (χ4v) is 1.04. The van der Waals surface area contributed by atoms with E-state index in [2.05, 4.69) is 5.43 Å². The summed E-state index contributed by atoms with van der Waals surface area (Å²) in [6.07, 6.45) is 0. The zero-order valence-corrected chi connectivity index (χ0v) is 8.02. The van der Waals surface area contributed by atoms with Gasteiger partial charge in [-0.05, 0) is 6.92 Å². The third-order valence-corrected chi connectivity index (χ3v) is 2.04. The molecule has 0 radical (unpaired) electrons. The standard InChI is InChI=1S/C8H14N2O4/c1-6(8(12)13)7(11)9-10-2-4-14-5-3-10/h6H,2-5H2,1H3,(H,9,11)(H,12,13). The lowest BCUT2D eigenvalue weighted by Gasteiger charge is -2.27. The highest BCUT2D eigenvalue weighted by atomic mass is 16.5. The number of carbonyl (C=O) groups excluding carboxylic acids is 1. The van der Waals surface area contributed by atoms with Crippen LogP contribution in [0.4, 0.5) is 0 Å². The summed E-state index contributed by atoms with van der Waals surface area (Å²) in [5.74, 6) is -2.62. The van der Waals surface area contributed by atoms with Gasteiger partial charge in [0, 0.05) is 13.1 Å². The summed E-state index contributed by atoms with van der Waals surface area (Å²) in [4.78, 5) is 21.8. The molecule has 1 fully saturated rings. The van der Waals surface area contributed by atoms with Crippen LogP contribution in [-0.2, 0) is 14.3 Å². The van der Waals surface area contributed by atoms with Crippen LogP contribution in [0.2, 0.25) is 0 Å². The lowest BCUT2D eigenvalue weighted by molar-refractivity contribution is -0.148. The number of hydrazine groups is 1. The summed E-state index contributed by atoms with van der Waals surface area (Å²) in [6.45, 7) is 3.66. The molecule has 14 heavy (non-hydrogen) atoms. The summed E-state index contributed by atoms with van der Waals surface area (Å²) < 4.78 is 5.08. The highest BCUT2D eigenvalue weighted by Gasteiger charge is 2.22. The van der Waals surface area contributed by atoms with Crippen LogP contribution in [0.25, 0.3) is 0 Å². The van der Waals surface area contributed by atoms with E-state index in [1.54, 1.807) is 5.01 Å². The van der Waals surface area contributed by atoms with E-state index in [1.807, 2.05) is 0 Å². The van der Waals surface area contributed by atoms with Crippen molar-refractivity contribution in [1.29, 1.82) is 0 Å². The highest BCUT2D eigenvalue weighted by Crippen LogP contribution is 1.97. The van der Waals surface area contributed by atoms with Gasteiger partial charge >= 0.3 is 5.97 Å². The van der Waals surface area contributed by atoms with E-state index in [0.29, 0.717) is 26.3 Å². The van der Waals surface area contributed by atoms with Gasteiger partial charge in [0.1, 0.15) is 5.92 Å². The molecule has 80 valence electrons. The number of rotatable bonds is 3. The number of nitrogens with zero attached hydrogens (tertiary/aromatic N) is 1. The molecule has 0 aromatic heterocycles. The number of aliphatic carboxylic acids is 1. The molecule has 1 aliphatic heterocycles. The number of ether oxygens (including phenoxy) is 1. The second-order valence-electron chi connectivity index (χ2n) is 3.14. The number of carboxylic acids is 1. The van der Waals surface area contributed by atoms with Crippen molar-refractivity contribution in [3.63, 3.8) is 0 Å². The Bertz CT molecular complexity index is 225. The van der Waals surface area contributed by atoms with Gasteiger partial charge in [0.25, 0.3) is 0 Å². The predicted octanol–water partition coefficient (Wildman–Crippen LogP) is -0.929. The number of carboxylic acid groups (broad SMARTS) is 1. The number of carbonyl (C=O) groups is 2. The van der Waals surface area contributed by atoms with Gasteiger partial charge in [-0.2, -0.15) is 0 Å². The average Bonchev–Trinajstić information content (AvgIpc) is 2.18. The number of hydrogen-bond acceptors (Lipinski definition) is 4. The summed E-state index contributed by atoms with van der Waals surface area (Å²) in [5.41, 5.74) is 2.53. The maximum Gasteiger partial charge on any atom is 0.315 e. The normalized spacial score (nSPS) is 20.1. The first-order valence-corrected chi connectivity index (χ1v) is 4.47. The Morgan fingerprint density at radius 3 is 2.50 bits per heavy atom. The second kappa shape index (κ2) is 4.92. The Hall–Kier alpha value is -1.14. The molecule has 1 aliphatic rings. The van der Waals surface area contributed by atoms with E-state index in [1.165, 1.54) is 6.92 Å². The van der Waals surface area contributed by atoms with Gasteiger partial charge in [0.15, 0.2) is 0 Å². The van der Waals surface area contributed by atoms with Crippen LogP contribution in [0.1, 0.15) is 6.92 Å². The van der Waals surface area contributed by atoms with E-state index in [9.17, 15) is 9.59 Å². The van der Waals surface area contributed by atoms with Crippen LogP contribution in [0.3, 0.4) is 0 Å². The molecule has 0 saturated carbocycles. The van der Waals surface area contributed by atoms with Crippen molar-refractivity contribution in [2.75, 3.05) is 26.3 Å². The van der Waals surface area contributed by atoms with Crippen LogP contribution in [-0.4, -0.2) is 48.3 Å². The topological polar surface area (TPSA) is 78.9 Å². The Morgan fingerprint density at radius 2 is 2.00 bits per heavy atom. The van der Waals surface area contributed by atoms with Gasteiger partial charge in [-0.25, -0.2) is 5.01 Å². The lowest BCUT2D eigenvalue weighted by atomic mass is 10.2. The van der Waals surface area contributed by atoms with Crippen molar-refractivity contribution in [2.24, 2.45) is 5.92 Å². The van der Waals surface area contributed by atoms with Gasteiger partial charge in [0.05, 0.1) is 13.2 Å². The van der Waals surface area contributed by atoms with Crippen molar-refractivity contribution in [1.82, 2.24) is 10.4 Å². The van der Waals surface area contributed by atoms with Crippen LogP contribution in [0, 0.1) is 5.92 Å². The van der Waals surface area contributed by atoms with Gasteiger partial charge in [-0.3, -0.25) is 15.0 Å². The molecule has 1 rings (SSSR count). The number of amides is 1. The molecular weight excluding hydrogens is 188 g/mol. The van der Waals surface area contributed by atoms with Crippen molar-refractivity contribution in [3.8, 4) is 0 Å². The maximum atomic E-state index is 11.3. The molecule has 1 atom stereocenters. The van der Waals surface area contributed by atoms with E-state index in [0.717, 1.165) is 0 Å². The maximum absolute atomic E-state index is 11.3. The first kappa shape index (κ1) is 10.9. The Kier molecular flexibility index (Phi) is 3.84. The molecule has 0 aliphatic carbocycles. The van der Waals surface area contributed by atoms with Crippen LogP contribution >= 0.6 is 0 Å². The second-order valence-corrected chi connectivity index (χ2v) is 3.14. The SMILES string of the molecule is CC(C(=O)O)C(=O)NN1CCOCC1. The van der Waals surface area contributed by atoms with Crippen LogP contribution < -0.4 is 5.43 Å². The smallest absolute Gasteiger partial charge is 0.315 e. The predicted molar refractivity (Wildman–Crippen MR) is 47.3 cm³/mol. The first-order chi connectivity index (χ1) is 6.61. The molecule has 0 aromatic carbocycles. The van der Waals surface area contributed by atoms with Crippen molar-refractivity contribution >= 4 is 11.9 Å². The molecule has 0 aromatic rings. The summed E-state index contributed by atoms with van der Waals surface area (Å²) in [5, 5.41) is 10.2. The summed E-state index contributed by atoms with van der Waals surface area (Å²) in [6, 6.07) is 0. The first-order valence-electron chi connectivity index (χ1n) is 4.47. The summed E-state index contributed by atoms with van der Waals surface area (Å²) in [7, 11) is 0. The third kappa shape index (κ3) is 2.97. The quantitative estimate of drug-likeness (QED) is 0.578.